The fraction of sp³-hybridized carbons (Fsp3) is 0.190. The van der Waals surface area contributed by atoms with Crippen LogP contribution in [0.4, 0.5) is 5.69 Å². The Kier molecular flexibility index (Phi) is 5.91. The molecule has 30 heavy (non-hydrogen) atoms. The molecule has 3 rings (SSSR count). The standard InChI is InChI=1S/C21H18N2O7/c1-4-28-19-10-14(6-8-18(19)29-13(3)24)9-16-21(25)30-20(22-16)15-7-5-12(2)17(11-15)23(26)27/h5-11H,4H2,1-3H3/b16-9-. The Morgan fingerprint density at radius 1 is 1.23 bits per heavy atom. The zero-order chi connectivity index (χ0) is 21.8. The van der Waals surface area contributed by atoms with Crippen LogP contribution in [0.3, 0.4) is 0 Å². The average Bonchev–Trinajstić information content (AvgIpc) is 3.04. The Morgan fingerprint density at radius 2 is 2.00 bits per heavy atom. The van der Waals surface area contributed by atoms with Crippen LogP contribution in [0.15, 0.2) is 47.1 Å². The van der Waals surface area contributed by atoms with E-state index in [1.165, 1.54) is 19.1 Å². The van der Waals surface area contributed by atoms with Crippen molar-refractivity contribution in [2.45, 2.75) is 20.8 Å². The molecule has 9 heteroatoms. The lowest BCUT2D eigenvalue weighted by Crippen LogP contribution is -2.06. The van der Waals surface area contributed by atoms with Crippen LogP contribution in [0.2, 0.25) is 0 Å². The van der Waals surface area contributed by atoms with Crippen molar-refractivity contribution >= 4 is 29.6 Å². The molecule has 0 N–H and O–H groups in total. The van der Waals surface area contributed by atoms with Crippen LogP contribution in [0.5, 0.6) is 11.5 Å². The van der Waals surface area contributed by atoms with Gasteiger partial charge in [-0.05, 0) is 43.7 Å². The van der Waals surface area contributed by atoms with Gasteiger partial charge in [0.2, 0.25) is 5.90 Å². The van der Waals surface area contributed by atoms with Crippen molar-refractivity contribution in [3.8, 4) is 11.5 Å². The van der Waals surface area contributed by atoms with E-state index < -0.39 is 16.9 Å². The van der Waals surface area contributed by atoms with Gasteiger partial charge < -0.3 is 14.2 Å². The molecule has 1 heterocycles. The van der Waals surface area contributed by atoms with E-state index in [1.54, 1.807) is 44.2 Å². The van der Waals surface area contributed by atoms with E-state index >= 15 is 0 Å². The van der Waals surface area contributed by atoms with Crippen LogP contribution in [0.25, 0.3) is 6.08 Å². The number of nitro groups is 1. The molecule has 0 saturated carbocycles. The highest BCUT2D eigenvalue weighted by Gasteiger charge is 2.26. The minimum absolute atomic E-state index is 0.0177. The van der Waals surface area contributed by atoms with E-state index in [2.05, 4.69) is 4.99 Å². The molecule has 0 amide bonds. The van der Waals surface area contributed by atoms with Gasteiger partial charge in [0.25, 0.3) is 5.69 Å². The summed E-state index contributed by atoms with van der Waals surface area (Å²) in [6, 6.07) is 9.25. The first-order valence-electron chi connectivity index (χ1n) is 9.01. The van der Waals surface area contributed by atoms with Crippen LogP contribution in [-0.4, -0.2) is 29.4 Å². The molecule has 9 nitrogen and oxygen atoms in total. The number of nitro benzene ring substituents is 1. The summed E-state index contributed by atoms with van der Waals surface area (Å²) in [7, 11) is 0. The molecule has 0 bridgehead atoms. The number of nitrogens with zero attached hydrogens (tertiary/aromatic N) is 2. The van der Waals surface area contributed by atoms with Crippen molar-refractivity contribution in [2.24, 2.45) is 4.99 Å². The first kappa shape index (κ1) is 20.7. The molecular weight excluding hydrogens is 392 g/mol. The Hall–Kier alpha value is -4.01. The molecule has 0 fully saturated rings. The second-order valence-corrected chi connectivity index (χ2v) is 6.33. The third kappa shape index (κ3) is 4.52. The Balaban J connectivity index is 1.94. The first-order valence-corrected chi connectivity index (χ1v) is 9.01. The maximum absolute atomic E-state index is 12.2. The van der Waals surface area contributed by atoms with Gasteiger partial charge in [0.1, 0.15) is 0 Å². The van der Waals surface area contributed by atoms with E-state index in [9.17, 15) is 19.7 Å². The summed E-state index contributed by atoms with van der Waals surface area (Å²) in [5, 5.41) is 11.1. The number of ether oxygens (including phenoxy) is 3. The van der Waals surface area contributed by atoms with Crippen molar-refractivity contribution in [3.05, 3.63) is 68.9 Å². The summed E-state index contributed by atoms with van der Waals surface area (Å²) in [4.78, 5) is 38.3. The number of benzene rings is 2. The van der Waals surface area contributed by atoms with Gasteiger partial charge >= 0.3 is 11.9 Å². The summed E-state index contributed by atoms with van der Waals surface area (Å²) in [6.45, 7) is 5.04. The monoisotopic (exact) mass is 410 g/mol. The van der Waals surface area contributed by atoms with Crippen LogP contribution in [0, 0.1) is 17.0 Å². The second-order valence-electron chi connectivity index (χ2n) is 6.33. The van der Waals surface area contributed by atoms with Gasteiger partial charge in [-0.25, -0.2) is 9.79 Å². The maximum atomic E-state index is 12.2. The lowest BCUT2D eigenvalue weighted by Gasteiger charge is -2.10. The fourth-order valence-corrected chi connectivity index (χ4v) is 2.75. The van der Waals surface area contributed by atoms with Crippen molar-refractivity contribution in [2.75, 3.05) is 6.61 Å². The number of esters is 2. The van der Waals surface area contributed by atoms with Crippen molar-refractivity contribution < 1.29 is 28.7 Å². The molecule has 0 aliphatic carbocycles. The molecule has 0 spiro atoms. The molecular formula is C21H18N2O7. The smallest absolute Gasteiger partial charge is 0.363 e. The molecule has 0 atom stereocenters. The third-order valence-electron chi connectivity index (χ3n) is 4.10. The number of rotatable bonds is 6. The molecule has 0 radical (unpaired) electrons. The highest BCUT2D eigenvalue weighted by Crippen LogP contribution is 2.30. The van der Waals surface area contributed by atoms with Crippen LogP contribution in [0.1, 0.15) is 30.5 Å². The number of hydrogen-bond acceptors (Lipinski definition) is 8. The SMILES string of the molecule is CCOc1cc(/C=C2\N=C(c3ccc(C)c([N+](=O)[O-])c3)OC2=O)ccc1OC(C)=O. The number of carbonyl (C=O) groups excluding carboxylic acids is 2. The van der Waals surface area contributed by atoms with Gasteiger partial charge in [0, 0.05) is 24.1 Å². The fourth-order valence-electron chi connectivity index (χ4n) is 2.75. The minimum Gasteiger partial charge on any atom is -0.490 e. The third-order valence-corrected chi connectivity index (χ3v) is 4.10. The Bertz CT molecular complexity index is 1100. The molecule has 0 saturated heterocycles. The molecule has 2 aromatic carbocycles. The van der Waals surface area contributed by atoms with Gasteiger partial charge in [0.15, 0.2) is 17.2 Å². The van der Waals surface area contributed by atoms with E-state index in [1.807, 2.05) is 0 Å². The van der Waals surface area contributed by atoms with Gasteiger partial charge in [-0.2, -0.15) is 0 Å². The van der Waals surface area contributed by atoms with Crippen molar-refractivity contribution in [3.63, 3.8) is 0 Å². The zero-order valence-electron chi connectivity index (χ0n) is 16.5. The molecule has 2 aromatic rings. The van der Waals surface area contributed by atoms with Crippen LogP contribution in [-0.2, 0) is 14.3 Å². The first-order chi connectivity index (χ1) is 14.3. The van der Waals surface area contributed by atoms with Crippen molar-refractivity contribution in [1.29, 1.82) is 0 Å². The quantitative estimate of drug-likeness (QED) is 0.235. The summed E-state index contributed by atoms with van der Waals surface area (Å²) in [5.41, 5.74) is 1.31. The van der Waals surface area contributed by atoms with Gasteiger partial charge in [-0.1, -0.05) is 12.1 Å². The van der Waals surface area contributed by atoms with Crippen LogP contribution < -0.4 is 9.47 Å². The average molecular weight is 410 g/mol. The predicted octanol–water partition coefficient (Wildman–Crippen LogP) is 3.57. The summed E-state index contributed by atoms with van der Waals surface area (Å²) < 4.78 is 15.8. The van der Waals surface area contributed by atoms with Gasteiger partial charge in [-0.3, -0.25) is 14.9 Å². The Morgan fingerprint density at radius 3 is 2.67 bits per heavy atom. The lowest BCUT2D eigenvalue weighted by molar-refractivity contribution is -0.385. The second kappa shape index (κ2) is 8.56. The van der Waals surface area contributed by atoms with Gasteiger partial charge in [0.05, 0.1) is 11.5 Å². The van der Waals surface area contributed by atoms with E-state index in [0.717, 1.165) is 0 Å². The number of hydrogen-bond donors (Lipinski definition) is 0. The minimum atomic E-state index is -0.685. The van der Waals surface area contributed by atoms with E-state index in [0.29, 0.717) is 29.0 Å². The molecule has 1 aliphatic rings. The summed E-state index contributed by atoms with van der Waals surface area (Å²) >= 11 is 0. The van der Waals surface area contributed by atoms with E-state index in [4.69, 9.17) is 14.2 Å². The molecule has 0 unspecified atom stereocenters. The van der Waals surface area contributed by atoms with E-state index in [-0.39, 0.29) is 23.0 Å². The lowest BCUT2D eigenvalue weighted by atomic mass is 10.1. The largest absolute Gasteiger partial charge is 0.490 e. The zero-order valence-corrected chi connectivity index (χ0v) is 16.5. The van der Waals surface area contributed by atoms with Crippen LogP contribution >= 0.6 is 0 Å². The predicted molar refractivity (Wildman–Crippen MR) is 107 cm³/mol. The number of carbonyl (C=O) groups is 2. The summed E-state index contributed by atoms with van der Waals surface area (Å²) in [6.07, 6.45) is 1.48. The highest BCUT2D eigenvalue weighted by atomic mass is 16.6. The molecule has 154 valence electrons. The molecule has 1 aliphatic heterocycles. The van der Waals surface area contributed by atoms with Gasteiger partial charge in [-0.15, -0.1) is 0 Å². The highest BCUT2D eigenvalue weighted by molar-refractivity contribution is 6.13. The number of cyclic esters (lactones) is 1. The maximum Gasteiger partial charge on any atom is 0.363 e. The van der Waals surface area contributed by atoms with Crippen molar-refractivity contribution in [1.82, 2.24) is 0 Å². The number of aryl methyl sites for hydroxylation is 1. The summed E-state index contributed by atoms with van der Waals surface area (Å²) in [5.74, 6) is -0.586. The Labute approximate surface area is 171 Å². The molecule has 0 aromatic heterocycles. The number of aliphatic imine (C=N–C) groups is 1. The topological polar surface area (TPSA) is 117 Å². The normalized spacial score (nSPS) is 14.3.